The van der Waals surface area contributed by atoms with Gasteiger partial charge in [0.25, 0.3) is 5.56 Å². The van der Waals surface area contributed by atoms with E-state index in [2.05, 4.69) is 10.5 Å². The Hall–Kier alpha value is -2.37. The van der Waals surface area contributed by atoms with Crippen molar-refractivity contribution in [3.63, 3.8) is 0 Å². The van der Waals surface area contributed by atoms with Gasteiger partial charge in [0.1, 0.15) is 0 Å². The van der Waals surface area contributed by atoms with Crippen LogP contribution in [-0.2, 0) is 0 Å². The lowest BCUT2D eigenvalue weighted by molar-refractivity contribution is 0.823. The van der Waals surface area contributed by atoms with Crippen molar-refractivity contribution in [2.45, 2.75) is 0 Å². The third-order valence-corrected chi connectivity index (χ3v) is 3.34. The molecular formula is C14H11ClN4O. The van der Waals surface area contributed by atoms with Gasteiger partial charge in [-0.2, -0.15) is 4.68 Å². The first-order valence-corrected chi connectivity index (χ1v) is 6.34. The number of hydrogen-bond acceptors (Lipinski definition) is 4. The summed E-state index contributed by atoms with van der Waals surface area (Å²) in [5, 5.41) is 5.87. The molecule has 1 heterocycles. The van der Waals surface area contributed by atoms with Crippen LogP contribution < -0.4 is 16.8 Å². The van der Waals surface area contributed by atoms with Crippen molar-refractivity contribution in [3.05, 3.63) is 63.9 Å². The molecular weight excluding hydrogens is 276 g/mol. The number of para-hydroxylation sites is 1. The molecule has 0 saturated carbocycles. The second-order valence-electron chi connectivity index (χ2n) is 4.21. The van der Waals surface area contributed by atoms with Crippen molar-refractivity contribution in [3.8, 4) is 5.69 Å². The monoisotopic (exact) mass is 286 g/mol. The summed E-state index contributed by atoms with van der Waals surface area (Å²) in [7, 11) is 0. The SMILES string of the molecule is NNc1nn(-c2ccccc2Cl)c(=O)c2ccccc12. The van der Waals surface area contributed by atoms with E-state index in [1.165, 1.54) is 4.68 Å². The van der Waals surface area contributed by atoms with E-state index in [1.54, 1.807) is 42.5 Å². The number of anilines is 1. The normalized spacial score (nSPS) is 10.7. The van der Waals surface area contributed by atoms with Gasteiger partial charge in [0.05, 0.1) is 16.1 Å². The lowest BCUT2D eigenvalue weighted by Gasteiger charge is -2.11. The maximum absolute atomic E-state index is 12.5. The average Bonchev–Trinajstić information content (AvgIpc) is 2.49. The van der Waals surface area contributed by atoms with E-state index in [0.717, 1.165) is 0 Å². The maximum atomic E-state index is 12.5. The van der Waals surface area contributed by atoms with E-state index < -0.39 is 0 Å². The molecule has 3 aromatic rings. The minimum absolute atomic E-state index is 0.243. The fourth-order valence-corrected chi connectivity index (χ4v) is 2.30. The lowest BCUT2D eigenvalue weighted by atomic mass is 10.2. The minimum Gasteiger partial charge on any atom is -0.307 e. The molecule has 0 atom stereocenters. The van der Waals surface area contributed by atoms with Gasteiger partial charge in [0.2, 0.25) is 0 Å². The molecule has 3 rings (SSSR count). The predicted molar refractivity (Wildman–Crippen MR) is 80.2 cm³/mol. The second kappa shape index (κ2) is 4.96. The molecule has 3 N–H and O–H groups in total. The molecule has 0 saturated heterocycles. The van der Waals surface area contributed by atoms with E-state index in [4.69, 9.17) is 17.4 Å². The van der Waals surface area contributed by atoms with Crippen LogP contribution in [0.15, 0.2) is 53.3 Å². The summed E-state index contributed by atoms with van der Waals surface area (Å²) in [6.07, 6.45) is 0. The number of halogens is 1. The van der Waals surface area contributed by atoms with Crippen LogP contribution >= 0.6 is 11.6 Å². The number of nitrogens with one attached hydrogen (secondary N) is 1. The number of fused-ring (bicyclic) bond motifs is 1. The standard InChI is InChI=1S/C14H11ClN4O/c15-11-7-3-4-8-12(11)19-14(20)10-6-2-1-5-9(10)13(17-16)18-19/h1-8H,16H2,(H,17,18). The quantitative estimate of drug-likeness (QED) is 0.560. The van der Waals surface area contributed by atoms with Crippen LogP contribution in [0.4, 0.5) is 5.82 Å². The topological polar surface area (TPSA) is 72.9 Å². The first-order valence-electron chi connectivity index (χ1n) is 5.96. The number of nitrogens with two attached hydrogens (primary N) is 1. The number of nitrogen functional groups attached to an aromatic ring is 1. The smallest absolute Gasteiger partial charge is 0.279 e. The first kappa shape index (κ1) is 12.7. The largest absolute Gasteiger partial charge is 0.307 e. The van der Waals surface area contributed by atoms with Crippen molar-refractivity contribution in [2.24, 2.45) is 5.84 Å². The molecule has 0 unspecified atom stereocenters. The molecule has 5 nitrogen and oxygen atoms in total. The van der Waals surface area contributed by atoms with Crippen molar-refractivity contribution in [2.75, 3.05) is 5.43 Å². The molecule has 6 heteroatoms. The molecule has 0 spiro atoms. The van der Waals surface area contributed by atoms with Crippen molar-refractivity contribution >= 4 is 28.2 Å². The minimum atomic E-state index is -0.243. The van der Waals surface area contributed by atoms with Gasteiger partial charge in [-0.15, -0.1) is 5.10 Å². The molecule has 0 amide bonds. The fourth-order valence-electron chi connectivity index (χ4n) is 2.08. The molecule has 0 aliphatic rings. The van der Waals surface area contributed by atoms with Gasteiger partial charge in [-0.1, -0.05) is 41.9 Å². The summed E-state index contributed by atoms with van der Waals surface area (Å²) in [5.74, 6) is 5.91. The Morgan fingerprint density at radius 3 is 2.40 bits per heavy atom. The molecule has 0 bridgehead atoms. The van der Waals surface area contributed by atoms with E-state index in [0.29, 0.717) is 27.3 Å². The van der Waals surface area contributed by atoms with Crippen molar-refractivity contribution < 1.29 is 0 Å². The van der Waals surface area contributed by atoms with Crippen LogP contribution in [0, 0.1) is 0 Å². The molecule has 0 aliphatic carbocycles. The van der Waals surface area contributed by atoms with E-state index in [1.807, 2.05) is 6.07 Å². The Labute approximate surface area is 119 Å². The van der Waals surface area contributed by atoms with Gasteiger partial charge in [-0.3, -0.25) is 4.79 Å². The fraction of sp³-hybridized carbons (Fsp3) is 0. The van der Waals surface area contributed by atoms with Gasteiger partial charge < -0.3 is 5.43 Å². The highest BCUT2D eigenvalue weighted by Gasteiger charge is 2.12. The Balaban J connectivity index is 2.41. The van der Waals surface area contributed by atoms with Crippen LogP contribution in [0.1, 0.15) is 0 Å². The maximum Gasteiger partial charge on any atom is 0.279 e. The molecule has 0 fully saturated rings. The van der Waals surface area contributed by atoms with Crippen molar-refractivity contribution in [1.29, 1.82) is 0 Å². The van der Waals surface area contributed by atoms with E-state index >= 15 is 0 Å². The van der Waals surface area contributed by atoms with Crippen LogP contribution in [-0.4, -0.2) is 9.78 Å². The van der Waals surface area contributed by atoms with Gasteiger partial charge >= 0.3 is 0 Å². The Morgan fingerprint density at radius 2 is 1.70 bits per heavy atom. The molecule has 2 aromatic carbocycles. The Morgan fingerprint density at radius 1 is 1.05 bits per heavy atom. The zero-order valence-corrected chi connectivity index (χ0v) is 11.1. The highest BCUT2D eigenvalue weighted by atomic mass is 35.5. The number of nitrogens with zero attached hydrogens (tertiary/aromatic N) is 2. The van der Waals surface area contributed by atoms with Gasteiger partial charge in [0, 0.05) is 5.39 Å². The lowest BCUT2D eigenvalue weighted by Crippen LogP contribution is -2.24. The van der Waals surface area contributed by atoms with Crippen LogP contribution in [0.25, 0.3) is 16.5 Å². The highest BCUT2D eigenvalue weighted by molar-refractivity contribution is 6.32. The van der Waals surface area contributed by atoms with Crippen molar-refractivity contribution in [1.82, 2.24) is 9.78 Å². The molecule has 20 heavy (non-hydrogen) atoms. The number of hydrazine groups is 1. The molecule has 0 aliphatic heterocycles. The average molecular weight is 287 g/mol. The predicted octanol–water partition coefficient (Wildman–Crippen LogP) is 2.32. The van der Waals surface area contributed by atoms with Gasteiger partial charge in [-0.05, 0) is 18.2 Å². The summed E-state index contributed by atoms with van der Waals surface area (Å²) in [4.78, 5) is 12.5. The molecule has 0 radical (unpaired) electrons. The van der Waals surface area contributed by atoms with Gasteiger partial charge in [-0.25, -0.2) is 5.84 Å². The Bertz CT molecular complexity index is 844. The summed E-state index contributed by atoms with van der Waals surface area (Å²) in [6.45, 7) is 0. The first-order chi connectivity index (χ1) is 9.72. The summed E-state index contributed by atoms with van der Waals surface area (Å²) in [6, 6.07) is 14.1. The third kappa shape index (κ3) is 1.93. The zero-order chi connectivity index (χ0) is 14.1. The van der Waals surface area contributed by atoms with Gasteiger partial charge in [0.15, 0.2) is 5.82 Å². The summed E-state index contributed by atoms with van der Waals surface area (Å²) < 4.78 is 1.25. The van der Waals surface area contributed by atoms with Crippen LogP contribution in [0.3, 0.4) is 0 Å². The highest BCUT2D eigenvalue weighted by Crippen LogP contribution is 2.21. The second-order valence-corrected chi connectivity index (χ2v) is 4.61. The molecule has 1 aromatic heterocycles. The number of hydrogen-bond donors (Lipinski definition) is 2. The number of rotatable bonds is 2. The zero-order valence-electron chi connectivity index (χ0n) is 10.4. The Kier molecular flexibility index (Phi) is 3.14. The number of aromatic nitrogens is 2. The van der Waals surface area contributed by atoms with Crippen LogP contribution in [0.2, 0.25) is 5.02 Å². The summed E-state index contributed by atoms with van der Waals surface area (Å²) in [5.41, 5.74) is 2.79. The third-order valence-electron chi connectivity index (χ3n) is 3.02. The van der Waals surface area contributed by atoms with Crippen LogP contribution in [0.5, 0.6) is 0 Å². The van der Waals surface area contributed by atoms with E-state index in [-0.39, 0.29) is 5.56 Å². The van der Waals surface area contributed by atoms with E-state index in [9.17, 15) is 4.79 Å². The summed E-state index contributed by atoms with van der Waals surface area (Å²) >= 11 is 6.13. The molecule has 100 valence electrons. The number of benzene rings is 2.